The summed E-state index contributed by atoms with van der Waals surface area (Å²) in [6.45, 7) is 3.07. The van der Waals surface area contributed by atoms with Crippen molar-refractivity contribution in [2.45, 2.75) is 51.8 Å². The number of aryl methyl sites for hydroxylation is 1. The molecule has 0 bridgehead atoms. The molecular weight excluding hydrogens is 542 g/mol. The topological polar surface area (TPSA) is 99.9 Å². The van der Waals surface area contributed by atoms with Crippen molar-refractivity contribution >= 4 is 17.8 Å². The number of amidine groups is 1. The van der Waals surface area contributed by atoms with Gasteiger partial charge in [0.05, 0.1) is 5.84 Å². The van der Waals surface area contributed by atoms with Crippen LogP contribution in [0.3, 0.4) is 0 Å². The molecular formula is C29H35F4N5O3. The SMILES string of the molecule is C/C=C\C(=C/CNC(CCCc1ccc(-c2cnc(N3CCC(CC(=O)O)CC3)nc2)cc1F)=NC)OC(F)(F)F. The average Bonchev–Trinajstić information content (AvgIpc) is 2.92. The van der Waals surface area contributed by atoms with Gasteiger partial charge in [-0.05, 0) is 67.9 Å². The molecule has 0 unspecified atom stereocenters. The number of piperidine rings is 1. The summed E-state index contributed by atoms with van der Waals surface area (Å²) in [5, 5.41) is 11.9. The molecule has 0 aliphatic carbocycles. The van der Waals surface area contributed by atoms with Crippen LogP contribution in [0.1, 0.15) is 44.6 Å². The van der Waals surface area contributed by atoms with E-state index in [1.54, 1.807) is 32.4 Å². The molecule has 1 aliphatic heterocycles. The van der Waals surface area contributed by atoms with Crippen molar-refractivity contribution in [2.24, 2.45) is 10.9 Å². The second-order valence-corrected chi connectivity index (χ2v) is 9.67. The fourth-order valence-corrected chi connectivity index (χ4v) is 4.58. The van der Waals surface area contributed by atoms with Gasteiger partial charge in [-0.2, -0.15) is 0 Å². The van der Waals surface area contributed by atoms with E-state index in [1.165, 1.54) is 24.3 Å². The molecule has 0 atom stereocenters. The Balaban J connectivity index is 1.50. The quantitative estimate of drug-likeness (QED) is 0.106. The Labute approximate surface area is 236 Å². The number of allylic oxidation sites excluding steroid dienone is 2. The molecule has 1 fully saturated rings. The minimum absolute atomic E-state index is 0.0926. The minimum atomic E-state index is -4.77. The molecule has 1 aromatic heterocycles. The standard InChI is InChI=1S/C29H35F4N5O3/c1-3-5-24(41-29(31,32)33)10-13-35-26(34-2)7-4-6-21-8-9-22(17-25(21)30)23-18-36-28(37-19-23)38-14-11-20(12-15-38)16-27(39)40/h3,5,8-10,17-20H,4,6-7,11-16H2,1-2H3,(H,34,35)(H,39,40)/b5-3-,24-10+. The molecule has 1 aliphatic rings. The Morgan fingerprint density at radius 1 is 1.22 bits per heavy atom. The summed E-state index contributed by atoms with van der Waals surface area (Å²) in [4.78, 5) is 26.0. The predicted molar refractivity (Wildman–Crippen MR) is 149 cm³/mol. The Hall–Kier alpha value is -3.96. The van der Waals surface area contributed by atoms with Gasteiger partial charge in [-0.15, -0.1) is 13.2 Å². The molecule has 8 nitrogen and oxygen atoms in total. The van der Waals surface area contributed by atoms with Gasteiger partial charge in [0.2, 0.25) is 5.95 Å². The maximum Gasteiger partial charge on any atom is 0.573 e. The number of anilines is 1. The molecule has 1 aromatic carbocycles. The summed E-state index contributed by atoms with van der Waals surface area (Å²) in [6, 6.07) is 4.99. The summed E-state index contributed by atoms with van der Waals surface area (Å²) in [5.41, 5.74) is 1.88. The van der Waals surface area contributed by atoms with E-state index in [4.69, 9.17) is 5.11 Å². The smallest absolute Gasteiger partial charge is 0.481 e. The van der Waals surface area contributed by atoms with Crippen LogP contribution in [0.2, 0.25) is 0 Å². The Bertz CT molecular complexity index is 1240. The number of carboxylic acid groups (broad SMARTS) is 1. The van der Waals surface area contributed by atoms with E-state index in [0.717, 1.165) is 12.8 Å². The van der Waals surface area contributed by atoms with Crippen molar-refractivity contribution in [3.05, 3.63) is 66.0 Å². The van der Waals surface area contributed by atoms with Gasteiger partial charge < -0.3 is 20.1 Å². The van der Waals surface area contributed by atoms with Crippen molar-refractivity contribution in [1.29, 1.82) is 0 Å². The first kappa shape index (κ1) is 31.6. The minimum Gasteiger partial charge on any atom is -0.481 e. The van der Waals surface area contributed by atoms with E-state index in [9.17, 15) is 22.4 Å². The van der Waals surface area contributed by atoms with Gasteiger partial charge in [0, 0.05) is 57.5 Å². The summed E-state index contributed by atoms with van der Waals surface area (Å²) >= 11 is 0. The van der Waals surface area contributed by atoms with E-state index < -0.39 is 12.3 Å². The summed E-state index contributed by atoms with van der Waals surface area (Å²) in [7, 11) is 1.58. The molecule has 0 spiro atoms. The maximum atomic E-state index is 14.9. The van der Waals surface area contributed by atoms with Crippen LogP contribution in [0.25, 0.3) is 11.1 Å². The number of carbonyl (C=O) groups is 1. The largest absolute Gasteiger partial charge is 0.573 e. The highest BCUT2D eigenvalue weighted by Crippen LogP contribution is 2.26. The third kappa shape index (κ3) is 10.5. The van der Waals surface area contributed by atoms with E-state index in [1.807, 2.05) is 11.0 Å². The van der Waals surface area contributed by atoms with Gasteiger partial charge in [0.15, 0.2) is 0 Å². The molecule has 12 heteroatoms. The van der Waals surface area contributed by atoms with E-state index >= 15 is 0 Å². The van der Waals surface area contributed by atoms with E-state index in [0.29, 0.717) is 60.8 Å². The van der Waals surface area contributed by atoms with Crippen molar-refractivity contribution in [3.63, 3.8) is 0 Å². The zero-order valence-electron chi connectivity index (χ0n) is 23.1. The molecule has 2 heterocycles. The molecule has 0 radical (unpaired) electrons. The lowest BCUT2D eigenvalue weighted by Gasteiger charge is -2.31. The third-order valence-electron chi connectivity index (χ3n) is 6.69. The molecule has 3 rings (SSSR count). The predicted octanol–water partition coefficient (Wildman–Crippen LogP) is 5.91. The van der Waals surface area contributed by atoms with Crippen LogP contribution in [0.4, 0.5) is 23.5 Å². The summed E-state index contributed by atoms with van der Waals surface area (Å²) in [5.74, 6) is -0.109. The first-order valence-electron chi connectivity index (χ1n) is 13.4. The van der Waals surface area contributed by atoms with Crippen LogP contribution < -0.4 is 10.2 Å². The number of carboxylic acids is 1. The lowest BCUT2D eigenvalue weighted by molar-refractivity contribution is -0.303. The number of aliphatic imine (C=N–C) groups is 1. The highest BCUT2D eigenvalue weighted by atomic mass is 19.4. The summed E-state index contributed by atoms with van der Waals surface area (Å²) < 4.78 is 56.3. The normalized spacial score (nSPS) is 15.4. The molecule has 0 saturated carbocycles. The second kappa shape index (κ2) is 15.2. The van der Waals surface area contributed by atoms with E-state index in [2.05, 4.69) is 25.0 Å². The lowest BCUT2D eigenvalue weighted by Crippen LogP contribution is -2.35. The Morgan fingerprint density at radius 2 is 1.93 bits per heavy atom. The van der Waals surface area contributed by atoms with Crippen molar-refractivity contribution in [3.8, 4) is 11.1 Å². The highest BCUT2D eigenvalue weighted by molar-refractivity contribution is 5.82. The molecule has 222 valence electrons. The van der Waals surface area contributed by atoms with Gasteiger partial charge in [0.1, 0.15) is 11.6 Å². The Kier molecular flexibility index (Phi) is 11.7. The third-order valence-corrected chi connectivity index (χ3v) is 6.69. The van der Waals surface area contributed by atoms with Crippen LogP contribution in [0.5, 0.6) is 0 Å². The molecule has 1 saturated heterocycles. The van der Waals surface area contributed by atoms with Gasteiger partial charge >= 0.3 is 12.3 Å². The number of aliphatic carboxylic acids is 1. The van der Waals surface area contributed by atoms with Crippen molar-refractivity contribution in [1.82, 2.24) is 15.3 Å². The first-order valence-corrected chi connectivity index (χ1v) is 13.4. The van der Waals surface area contributed by atoms with Crippen LogP contribution in [-0.4, -0.2) is 59.9 Å². The van der Waals surface area contributed by atoms with Gasteiger partial charge in [0.25, 0.3) is 0 Å². The highest BCUT2D eigenvalue weighted by Gasteiger charge is 2.31. The van der Waals surface area contributed by atoms with E-state index in [-0.39, 0.29) is 30.5 Å². The van der Waals surface area contributed by atoms with Crippen LogP contribution in [-0.2, 0) is 16.0 Å². The zero-order valence-corrected chi connectivity index (χ0v) is 23.1. The number of alkyl halides is 3. The number of hydrogen-bond acceptors (Lipinski definition) is 6. The lowest BCUT2D eigenvalue weighted by atomic mass is 9.94. The molecule has 2 aromatic rings. The fourth-order valence-electron chi connectivity index (χ4n) is 4.58. The van der Waals surface area contributed by atoms with Gasteiger partial charge in [-0.25, -0.2) is 14.4 Å². The van der Waals surface area contributed by atoms with Crippen LogP contribution in [0, 0.1) is 11.7 Å². The van der Waals surface area contributed by atoms with Gasteiger partial charge in [-0.3, -0.25) is 9.79 Å². The number of benzene rings is 1. The number of aromatic nitrogens is 2. The monoisotopic (exact) mass is 577 g/mol. The maximum absolute atomic E-state index is 14.9. The number of nitrogens with one attached hydrogen (secondary N) is 1. The number of nitrogens with zero attached hydrogens (tertiary/aromatic N) is 4. The number of rotatable bonds is 12. The van der Waals surface area contributed by atoms with Crippen molar-refractivity contribution < 1.29 is 32.2 Å². The zero-order chi connectivity index (χ0) is 29.8. The molecule has 2 N–H and O–H groups in total. The van der Waals surface area contributed by atoms with Crippen LogP contribution in [0.15, 0.2) is 59.6 Å². The van der Waals surface area contributed by atoms with Gasteiger partial charge in [-0.1, -0.05) is 18.2 Å². The first-order chi connectivity index (χ1) is 19.6. The average molecular weight is 578 g/mol. The number of halogens is 4. The van der Waals surface area contributed by atoms with Crippen LogP contribution >= 0.6 is 0 Å². The molecule has 0 amide bonds. The Morgan fingerprint density at radius 3 is 2.51 bits per heavy atom. The van der Waals surface area contributed by atoms with Crippen molar-refractivity contribution in [2.75, 3.05) is 31.6 Å². The molecule has 41 heavy (non-hydrogen) atoms. The number of hydrogen-bond donors (Lipinski definition) is 2. The summed E-state index contributed by atoms with van der Waals surface area (Å²) in [6.07, 6.45) is 5.76. The fraction of sp³-hybridized carbons (Fsp3) is 0.448. The number of ether oxygens (including phenoxy) is 1. The second-order valence-electron chi connectivity index (χ2n) is 9.67.